The summed E-state index contributed by atoms with van der Waals surface area (Å²) in [6, 6.07) is 19.1. The molecule has 2 atom stereocenters. The van der Waals surface area contributed by atoms with Crippen molar-refractivity contribution in [2.75, 3.05) is 4.90 Å². The quantitative estimate of drug-likeness (QED) is 0.354. The van der Waals surface area contributed by atoms with Crippen molar-refractivity contribution in [3.05, 3.63) is 113 Å². The molecule has 1 fully saturated rings. The Morgan fingerprint density at radius 2 is 1.68 bits per heavy atom. The summed E-state index contributed by atoms with van der Waals surface area (Å²) in [5.41, 5.74) is 5.47. The van der Waals surface area contributed by atoms with Gasteiger partial charge in [-0.1, -0.05) is 18.2 Å². The predicted molar refractivity (Wildman–Crippen MR) is 134 cm³/mol. The highest BCUT2D eigenvalue weighted by atomic mass is 32.1. The summed E-state index contributed by atoms with van der Waals surface area (Å²) in [7, 11) is 0. The minimum Gasteiger partial charge on any atom is -0.351 e. The zero-order valence-electron chi connectivity index (χ0n) is 19.1. The molecule has 172 valence electrons. The topological polar surface area (TPSA) is 33.1 Å². The number of para-hydroxylation sites is 1. The van der Waals surface area contributed by atoms with Crippen LogP contribution < -0.4 is 10.2 Å². The molecule has 3 heterocycles. The number of hydrogen-bond acceptors (Lipinski definition) is 2. The number of aryl methyl sites for hydroxylation is 2. The van der Waals surface area contributed by atoms with E-state index in [1.165, 1.54) is 12.1 Å². The molecule has 4 nitrogen and oxygen atoms in total. The van der Waals surface area contributed by atoms with E-state index < -0.39 is 0 Å². The van der Waals surface area contributed by atoms with Gasteiger partial charge >= 0.3 is 0 Å². The lowest BCUT2D eigenvalue weighted by molar-refractivity contribution is 0.564. The van der Waals surface area contributed by atoms with Crippen molar-refractivity contribution in [3.8, 4) is 5.69 Å². The molecule has 0 radical (unpaired) electrons. The average molecular weight is 475 g/mol. The molecule has 1 N–H and O–H groups in total. The first-order valence-electron chi connectivity index (χ1n) is 11.1. The number of hydrogen-bond donors (Lipinski definition) is 1. The highest BCUT2D eigenvalue weighted by Crippen LogP contribution is 2.44. The van der Waals surface area contributed by atoms with Crippen molar-refractivity contribution in [2.45, 2.75) is 32.9 Å². The largest absolute Gasteiger partial charge is 0.351 e. The maximum Gasteiger partial charge on any atom is 0.174 e. The summed E-state index contributed by atoms with van der Waals surface area (Å²) in [5.74, 6) is -0.555. The van der Waals surface area contributed by atoms with Crippen molar-refractivity contribution in [1.82, 2.24) is 14.9 Å². The van der Waals surface area contributed by atoms with Gasteiger partial charge in [0, 0.05) is 23.3 Å². The van der Waals surface area contributed by atoms with Crippen molar-refractivity contribution >= 4 is 23.0 Å². The summed E-state index contributed by atoms with van der Waals surface area (Å²) >= 11 is 5.78. The Bertz CT molecular complexity index is 1380. The van der Waals surface area contributed by atoms with E-state index in [9.17, 15) is 8.78 Å². The third kappa shape index (κ3) is 3.66. The van der Waals surface area contributed by atoms with Crippen LogP contribution in [0.25, 0.3) is 5.69 Å². The van der Waals surface area contributed by atoms with E-state index in [1.807, 2.05) is 47.6 Å². The van der Waals surface area contributed by atoms with Crippen molar-refractivity contribution in [3.63, 3.8) is 0 Å². The van der Waals surface area contributed by atoms with Gasteiger partial charge in [0.25, 0.3) is 0 Å². The molecule has 0 bridgehead atoms. The second-order valence-corrected chi connectivity index (χ2v) is 8.93. The van der Waals surface area contributed by atoms with Gasteiger partial charge in [-0.2, -0.15) is 0 Å². The lowest BCUT2D eigenvalue weighted by Gasteiger charge is -2.28. The molecule has 34 heavy (non-hydrogen) atoms. The van der Waals surface area contributed by atoms with Gasteiger partial charge in [-0.25, -0.2) is 8.78 Å². The molecule has 0 aliphatic carbocycles. The maximum absolute atomic E-state index is 14.7. The Hall–Kier alpha value is -3.58. The molecule has 2 aromatic heterocycles. The molecule has 4 aromatic rings. The molecular formula is C27H24F2N4S. The predicted octanol–water partition coefficient (Wildman–Crippen LogP) is 6.25. The third-order valence-corrected chi connectivity index (χ3v) is 6.71. The lowest BCUT2D eigenvalue weighted by atomic mass is 9.96. The molecule has 0 unspecified atom stereocenters. The zero-order valence-corrected chi connectivity index (χ0v) is 19.9. The van der Waals surface area contributed by atoms with Gasteiger partial charge < -0.3 is 14.8 Å². The molecule has 7 heteroatoms. The van der Waals surface area contributed by atoms with Crippen LogP contribution in [-0.2, 0) is 0 Å². The first-order valence-corrected chi connectivity index (χ1v) is 11.5. The molecule has 2 aromatic carbocycles. The number of pyridine rings is 1. The maximum atomic E-state index is 14.7. The number of benzene rings is 2. The van der Waals surface area contributed by atoms with E-state index in [2.05, 4.69) is 16.4 Å². The van der Waals surface area contributed by atoms with Gasteiger partial charge in [-0.05, 0) is 92.6 Å². The molecule has 1 saturated heterocycles. The third-order valence-electron chi connectivity index (χ3n) is 6.40. The van der Waals surface area contributed by atoms with Crippen LogP contribution in [0, 0.1) is 32.4 Å². The summed E-state index contributed by atoms with van der Waals surface area (Å²) in [4.78, 5) is 6.59. The van der Waals surface area contributed by atoms with Gasteiger partial charge in [0.1, 0.15) is 11.6 Å². The SMILES string of the molecule is Cc1cc(N2C(=S)N[C@@H](c3ccccn3)[C@@H]2c2cc(C)n(-c3ccccc3F)c2C)ccc1F. The fourth-order valence-corrected chi connectivity index (χ4v) is 5.16. The van der Waals surface area contributed by atoms with Crippen LogP contribution in [0.3, 0.4) is 0 Å². The van der Waals surface area contributed by atoms with Crippen molar-refractivity contribution in [2.24, 2.45) is 0 Å². The first kappa shape index (κ1) is 22.2. The Balaban J connectivity index is 1.70. The fourth-order valence-electron chi connectivity index (χ4n) is 4.82. The number of thiocarbonyl (C=S) groups is 1. The van der Waals surface area contributed by atoms with Crippen LogP contribution in [-0.4, -0.2) is 14.7 Å². The van der Waals surface area contributed by atoms with E-state index in [0.29, 0.717) is 16.4 Å². The number of aromatic nitrogens is 2. The van der Waals surface area contributed by atoms with Gasteiger partial charge in [0.15, 0.2) is 5.11 Å². The average Bonchev–Trinajstić information content (AvgIpc) is 3.32. The van der Waals surface area contributed by atoms with E-state index in [-0.39, 0.29) is 23.7 Å². The molecule has 1 aliphatic heterocycles. The summed E-state index contributed by atoms with van der Waals surface area (Å²) in [5, 5.41) is 3.96. The van der Waals surface area contributed by atoms with Crippen LogP contribution in [0.5, 0.6) is 0 Å². The molecule has 0 spiro atoms. The molecule has 0 saturated carbocycles. The lowest BCUT2D eigenvalue weighted by Crippen LogP contribution is -2.29. The van der Waals surface area contributed by atoms with Gasteiger partial charge in [-0.3, -0.25) is 4.98 Å². The van der Waals surface area contributed by atoms with Crippen LogP contribution in [0.4, 0.5) is 14.5 Å². The van der Waals surface area contributed by atoms with Crippen molar-refractivity contribution in [1.29, 1.82) is 0 Å². The number of rotatable bonds is 4. The number of anilines is 1. The van der Waals surface area contributed by atoms with E-state index >= 15 is 0 Å². The van der Waals surface area contributed by atoms with Crippen molar-refractivity contribution < 1.29 is 8.78 Å². The Morgan fingerprint density at radius 1 is 0.912 bits per heavy atom. The minimum atomic E-state index is -0.289. The van der Waals surface area contributed by atoms with Gasteiger partial charge in [0.2, 0.25) is 0 Å². The first-order chi connectivity index (χ1) is 16.4. The molecule has 1 aliphatic rings. The van der Waals surface area contributed by atoms with Gasteiger partial charge in [-0.15, -0.1) is 0 Å². The summed E-state index contributed by atoms with van der Waals surface area (Å²) < 4.78 is 30.7. The molecule has 5 rings (SSSR count). The smallest absolute Gasteiger partial charge is 0.174 e. The fraction of sp³-hybridized carbons (Fsp3) is 0.185. The number of nitrogens with zero attached hydrogens (tertiary/aromatic N) is 3. The van der Waals surface area contributed by atoms with E-state index in [1.54, 1.807) is 37.4 Å². The molecular weight excluding hydrogens is 450 g/mol. The Labute approximate surface area is 202 Å². The number of halogens is 2. The summed E-state index contributed by atoms with van der Waals surface area (Å²) in [6.45, 7) is 5.69. The van der Waals surface area contributed by atoms with Gasteiger partial charge in [0.05, 0.1) is 23.5 Å². The van der Waals surface area contributed by atoms with E-state index in [0.717, 1.165) is 28.3 Å². The minimum absolute atomic E-state index is 0.242. The van der Waals surface area contributed by atoms with Crippen LogP contribution in [0.15, 0.2) is 72.9 Å². The van der Waals surface area contributed by atoms with E-state index in [4.69, 9.17) is 12.2 Å². The second kappa shape index (κ2) is 8.65. The normalized spacial score (nSPS) is 17.8. The Kier molecular flexibility index (Phi) is 5.65. The summed E-state index contributed by atoms with van der Waals surface area (Å²) in [6.07, 6.45) is 1.75. The second-order valence-electron chi connectivity index (χ2n) is 8.54. The highest BCUT2D eigenvalue weighted by Gasteiger charge is 2.42. The molecule has 0 amide bonds. The van der Waals surface area contributed by atoms with Crippen LogP contribution in [0.1, 0.15) is 40.3 Å². The zero-order chi connectivity index (χ0) is 24.0. The Morgan fingerprint density at radius 3 is 2.38 bits per heavy atom. The monoisotopic (exact) mass is 474 g/mol. The van der Waals surface area contributed by atoms with Crippen LogP contribution >= 0.6 is 12.2 Å². The standard InChI is InChI=1S/C27H24F2N4S/c1-16-14-19(11-12-21(16)28)33-26(25(31-27(33)34)23-9-6-7-13-30-23)20-15-17(2)32(18(20)3)24-10-5-4-8-22(24)29/h4-15,25-26H,1-3H3,(H,31,34)/t25-,26-/m0/s1. The number of nitrogens with one attached hydrogen (secondary N) is 1. The highest BCUT2D eigenvalue weighted by molar-refractivity contribution is 7.80. The van der Waals surface area contributed by atoms with Crippen LogP contribution in [0.2, 0.25) is 0 Å².